The van der Waals surface area contributed by atoms with E-state index in [0.29, 0.717) is 18.7 Å². The van der Waals surface area contributed by atoms with Crippen molar-refractivity contribution in [3.05, 3.63) is 35.6 Å². The van der Waals surface area contributed by atoms with Crippen LogP contribution in [0.25, 0.3) is 0 Å². The normalized spacial score (nSPS) is 24.4. The maximum atomic E-state index is 13.2. The van der Waals surface area contributed by atoms with E-state index in [4.69, 9.17) is 4.74 Å². The minimum absolute atomic E-state index is 0.133. The molecule has 1 saturated heterocycles. The highest BCUT2D eigenvalue weighted by Gasteiger charge is 2.33. The maximum absolute atomic E-state index is 13.2. The van der Waals surface area contributed by atoms with Gasteiger partial charge in [0.15, 0.2) is 0 Å². The van der Waals surface area contributed by atoms with Gasteiger partial charge in [-0.15, -0.1) is 0 Å². The lowest BCUT2D eigenvalue weighted by molar-refractivity contribution is -0.0453. The van der Waals surface area contributed by atoms with Crippen LogP contribution in [-0.2, 0) is 21.5 Å². The Hall–Kier alpha value is -1.02. The van der Waals surface area contributed by atoms with Crippen molar-refractivity contribution in [1.29, 1.82) is 0 Å². The lowest BCUT2D eigenvalue weighted by atomic mass is 10.2. The number of halogens is 1. The molecule has 1 aliphatic rings. The molecule has 1 fully saturated rings. The summed E-state index contributed by atoms with van der Waals surface area (Å²) in [6, 6.07) is 5.96. The van der Waals surface area contributed by atoms with Gasteiger partial charge in [-0.25, -0.2) is 4.39 Å². The molecule has 2 rings (SSSR count). The number of hydrogen-bond acceptors (Lipinski definition) is 3. The van der Waals surface area contributed by atoms with Crippen molar-refractivity contribution in [3.8, 4) is 0 Å². The van der Waals surface area contributed by atoms with Crippen LogP contribution in [0.4, 0.5) is 4.39 Å². The van der Waals surface area contributed by atoms with Gasteiger partial charge >= 0.3 is 0 Å². The maximum Gasteiger partial charge on any atom is 0.282 e. The summed E-state index contributed by atoms with van der Waals surface area (Å²) in [7, 11) is -2.07. The van der Waals surface area contributed by atoms with Crippen molar-refractivity contribution in [3.63, 3.8) is 0 Å². The fourth-order valence-electron chi connectivity index (χ4n) is 2.49. The number of morpholine rings is 1. The van der Waals surface area contributed by atoms with Gasteiger partial charge in [-0.3, -0.25) is 0 Å². The molecule has 1 aromatic carbocycles. The van der Waals surface area contributed by atoms with Crippen LogP contribution in [0.2, 0.25) is 0 Å². The van der Waals surface area contributed by atoms with Crippen LogP contribution in [0, 0.1) is 5.82 Å². The largest absolute Gasteiger partial charge is 0.373 e. The van der Waals surface area contributed by atoms with E-state index >= 15 is 0 Å². The molecular weight excluding hydrogens is 295 g/mol. The summed E-state index contributed by atoms with van der Waals surface area (Å²) in [4.78, 5) is 0. The van der Waals surface area contributed by atoms with Crippen LogP contribution < -0.4 is 0 Å². The molecule has 118 valence electrons. The van der Waals surface area contributed by atoms with Crippen molar-refractivity contribution in [2.24, 2.45) is 0 Å². The van der Waals surface area contributed by atoms with Gasteiger partial charge in [0.1, 0.15) is 5.82 Å². The predicted molar refractivity (Wildman–Crippen MR) is 78.4 cm³/mol. The summed E-state index contributed by atoms with van der Waals surface area (Å²) in [5, 5.41) is 0. The number of hydrogen-bond donors (Lipinski definition) is 0. The van der Waals surface area contributed by atoms with Crippen LogP contribution in [0.15, 0.2) is 24.3 Å². The molecular formula is C14H21FN2O3S. The number of nitrogens with zero attached hydrogens (tertiary/aromatic N) is 2. The molecule has 0 bridgehead atoms. The Bertz CT molecular complexity index is 584. The van der Waals surface area contributed by atoms with Crippen LogP contribution in [0.5, 0.6) is 0 Å². The smallest absolute Gasteiger partial charge is 0.282 e. The van der Waals surface area contributed by atoms with E-state index in [1.54, 1.807) is 12.1 Å². The van der Waals surface area contributed by atoms with Gasteiger partial charge in [0, 0.05) is 26.7 Å². The number of benzene rings is 1. The molecule has 2 atom stereocenters. The Labute approximate surface area is 125 Å². The Balaban J connectivity index is 2.11. The van der Waals surface area contributed by atoms with Gasteiger partial charge in [0.05, 0.1) is 12.2 Å². The monoisotopic (exact) mass is 316 g/mol. The van der Waals surface area contributed by atoms with Gasteiger partial charge in [-0.2, -0.15) is 17.0 Å². The fraction of sp³-hybridized carbons (Fsp3) is 0.571. The molecule has 1 heterocycles. The fourth-order valence-corrected chi connectivity index (χ4v) is 3.99. The Morgan fingerprint density at radius 1 is 1.33 bits per heavy atom. The molecule has 2 unspecified atom stereocenters. The second-order valence-corrected chi connectivity index (χ2v) is 7.50. The molecule has 0 aromatic heterocycles. The predicted octanol–water partition coefficient (Wildman–Crippen LogP) is 1.61. The average molecular weight is 316 g/mol. The van der Waals surface area contributed by atoms with Gasteiger partial charge in [-0.1, -0.05) is 12.1 Å². The summed E-state index contributed by atoms with van der Waals surface area (Å²) in [5.74, 6) is -0.369. The van der Waals surface area contributed by atoms with Crippen LogP contribution >= 0.6 is 0 Å². The first-order chi connectivity index (χ1) is 9.79. The average Bonchev–Trinajstić information content (AvgIpc) is 2.37. The molecule has 0 N–H and O–H groups in total. The minimum atomic E-state index is -3.57. The van der Waals surface area contributed by atoms with Crippen molar-refractivity contribution >= 4 is 10.2 Å². The van der Waals surface area contributed by atoms with Gasteiger partial charge in [0.25, 0.3) is 10.2 Å². The SMILES string of the molecule is CC1CN(S(=O)(=O)N(C)Cc2cccc(F)c2)CC(C)O1. The number of ether oxygens (including phenoxy) is 1. The van der Waals surface area contributed by atoms with Crippen molar-refractivity contribution in [2.75, 3.05) is 20.1 Å². The van der Waals surface area contributed by atoms with E-state index in [-0.39, 0.29) is 24.6 Å². The zero-order valence-corrected chi connectivity index (χ0v) is 13.3. The van der Waals surface area contributed by atoms with Crippen LogP contribution in [0.1, 0.15) is 19.4 Å². The Morgan fingerprint density at radius 2 is 1.95 bits per heavy atom. The van der Waals surface area contributed by atoms with Gasteiger partial charge in [-0.05, 0) is 31.5 Å². The third-order valence-corrected chi connectivity index (χ3v) is 5.27. The zero-order chi connectivity index (χ0) is 15.6. The molecule has 0 radical (unpaired) electrons. The van der Waals surface area contributed by atoms with Gasteiger partial charge in [0.2, 0.25) is 0 Å². The number of rotatable bonds is 4. The summed E-state index contributed by atoms with van der Waals surface area (Å²) in [6.45, 7) is 4.51. The first-order valence-corrected chi connectivity index (χ1v) is 8.30. The Kier molecular flexibility index (Phi) is 4.98. The standard InChI is InChI=1S/C14H21FN2O3S/c1-11-8-17(9-12(2)20-11)21(18,19)16(3)10-13-5-4-6-14(15)7-13/h4-7,11-12H,8-10H2,1-3H3. The topological polar surface area (TPSA) is 49.9 Å². The molecule has 0 saturated carbocycles. The van der Waals surface area contributed by atoms with Crippen LogP contribution in [0.3, 0.4) is 0 Å². The molecule has 0 amide bonds. The van der Waals surface area contributed by atoms with E-state index < -0.39 is 10.2 Å². The molecule has 21 heavy (non-hydrogen) atoms. The molecule has 7 heteroatoms. The summed E-state index contributed by atoms with van der Waals surface area (Å²) in [6.07, 6.45) is -0.266. The summed E-state index contributed by atoms with van der Waals surface area (Å²) in [5.41, 5.74) is 0.621. The summed E-state index contributed by atoms with van der Waals surface area (Å²) >= 11 is 0. The quantitative estimate of drug-likeness (QED) is 0.848. The highest BCUT2D eigenvalue weighted by Crippen LogP contribution is 2.18. The van der Waals surface area contributed by atoms with Crippen molar-refractivity contribution < 1.29 is 17.5 Å². The lowest BCUT2D eigenvalue weighted by Crippen LogP contribution is -2.52. The first-order valence-electron chi connectivity index (χ1n) is 6.90. The van der Waals surface area contributed by atoms with E-state index in [9.17, 15) is 12.8 Å². The van der Waals surface area contributed by atoms with Crippen LogP contribution in [-0.4, -0.2) is 49.4 Å². The molecule has 1 aliphatic heterocycles. The summed E-state index contributed by atoms with van der Waals surface area (Å²) < 4.78 is 46.5. The Morgan fingerprint density at radius 3 is 2.52 bits per heavy atom. The first kappa shape index (κ1) is 16.4. The highest BCUT2D eigenvalue weighted by atomic mass is 32.2. The molecule has 5 nitrogen and oxygen atoms in total. The van der Waals surface area contributed by atoms with E-state index in [1.807, 2.05) is 13.8 Å². The third-order valence-electron chi connectivity index (χ3n) is 3.40. The third kappa shape index (κ3) is 4.00. The van der Waals surface area contributed by atoms with E-state index in [1.165, 1.54) is 27.8 Å². The van der Waals surface area contributed by atoms with E-state index in [2.05, 4.69) is 0 Å². The van der Waals surface area contributed by atoms with Crippen molar-refractivity contribution in [2.45, 2.75) is 32.6 Å². The van der Waals surface area contributed by atoms with Crippen molar-refractivity contribution in [1.82, 2.24) is 8.61 Å². The molecule has 0 spiro atoms. The molecule has 0 aliphatic carbocycles. The second kappa shape index (κ2) is 6.39. The van der Waals surface area contributed by atoms with E-state index in [0.717, 1.165) is 0 Å². The lowest BCUT2D eigenvalue weighted by Gasteiger charge is -2.36. The highest BCUT2D eigenvalue weighted by molar-refractivity contribution is 7.86. The second-order valence-electron chi connectivity index (χ2n) is 5.47. The van der Waals surface area contributed by atoms with Gasteiger partial charge < -0.3 is 4.74 Å². The minimum Gasteiger partial charge on any atom is -0.373 e. The zero-order valence-electron chi connectivity index (χ0n) is 12.5. The molecule has 1 aromatic rings.